The van der Waals surface area contributed by atoms with Gasteiger partial charge in [0.2, 0.25) is 15.9 Å². The zero-order valence-corrected chi connectivity index (χ0v) is 14.1. The molecule has 1 atom stereocenters. The van der Waals surface area contributed by atoms with Crippen molar-refractivity contribution in [3.8, 4) is 0 Å². The van der Waals surface area contributed by atoms with E-state index in [0.29, 0.717) is 12.1 Å². The summed E-state index contributed by atoms with van der Waals surface area (Å²) in [5.41, 5.74) is 0.303. The monoisotopic (exact) mass is 347 g/mol. The summed E-state index contributed by atoms with van der Waals surface area (Å²) in [6.45, 7) is 3.84. The van der Waals surface area contributed by atoms with Crippen LogP contribution in [0.3, 0.4) is 0 Å². The maximum Gasteiger partial charge on any atom is 0.238 e. The van der Waals surface area contributed by atoms with Gasteiger partial charge < -0.3 is 10.6 Å². The molecule has 1 aliphatic rings. The second kappa shape index (κ2) is 7.41. The molecule has 1 unspecified atom stereocenters. The van der Waals surface area contributed by atoms with Crippen molar-refractivity contribution in [3.05, 3.63) is 29.8 Å². The van der Waals surface area contributed by atoms with Gasteiger partial charge in [0.1, 0.15) is 0 Å². The number of nitrogens with one attached hydrogen (secondary N) is 2. The Morgan fingerprint density at radius 1 is 1.45 bits per heavy atom. The maximum absolute atomic E-state index is 12.3. The van der Waals surface area contributed by atoms with Gasteiger partial charge in [-0.05, 0) is 44.0 Å². The summed E-state index contributed by atoms with van der Waals surface area (Å²) in [6, 6.07) is 6.30. The van der Waals surface area contributed by atoms with Gasteiger partial charge in [-0.15, -0.1) is 12.4 Å². The van der Waals surface area contributed by atoms with Gasteiger partial charge in [-0.2, -0.15) is 0 Å². The molecule has 1 amide bonds. The van der Waals surface area contributed by atoms with Crippen LogP contribution in [0.4, 0.5) is 0 Å². The second-order valence-electron chi connectivity index (χ2n) is 5.72. The maximum atomic E-state index is 12.3. The molecule has 1 heterocycles. The molecule has 0 saturated carbocycles. The van der Waals surface area contributed by atoms with Crippen molar-refractivity contribution in [3.63, 3.8) is 0 Å². The van der Waals surface area contributed by atoms with E-state index >= 15 is 0 Å². The molecule has 1 aliphatic heterocycles. The van der Waals surface area contributed by atoms with E-state index in [1.807, 2.05) is 6.92 Å². The summed E-state index contributed by atoms with van der Waals surface area (Å²) in [4.78, 5) is 12.3. The molecule has 8 heteroatoms. The fraction of sp³-hybridized carbons (Fsp3) is 0.500. The summed E-state index contributed by atoms with van der Waals surface area (Å²) in [5.74, 6) is -0.0179. The van der Waals surface area contributed by atoms with Crippen LogP contribution in [0.5, 0.6) is 0 Å². The molecule has 0 spiro atoms. The fourth-order valence-corrected chi connectivity index (χ4v) is 3.06. The van der Waals surface area contributed by atoms with E-state index < -0.39 is 15.4 Å². The first-order valence-electron chi connectivity index (χ1n) is 6.92. The first-order chi connectivity index (χ1) is 9.81. The number of carbonyl (C=O) groups is 1. The Balaban J connectivity index is 0.00000242. The number of carbonyl (C=O) groups excluding carboxylic acids is 1. The predicted octanol–water partition coefficient (Wildman–Crippen LogP) is 0.762. The number of benzene rings is 1. The number of sulfonamides is 1. The van der Waals surface area contributed by atoms with Crippen molar-refractivity contribution in [2.45, 2.75) is 31.2 Å². The number of amides is 1. The smallest absolute Gasteiger partial charge is 0.238 e. The zero-order chi connectivity index (χ0) is 15.5. The van der Waals surface area contributed by atoms with Crippen LogP contribution in [0.15, 0.2) is 29.2 Å². The Labute approximate surface area is 137 Å². The minimum atomic E-state index is -3.72. The molecular formula is C14H22ClN3O3S. The van der Waals surface area contributed by atoms with E-state index in [9.17, 15) is 13.2 Å². The molecule has 1 aromatic carbocycles. The summed E-state index contributed by atoms with van der Waals surface area (Å²) < 4.78 is 22.6. The lowest BCUT2D eigenvalue weighted by Gasteiger charge is -2.32. The van der Waals surface area contributed by atoms with E-state index in [1.165, 1.54) is 12.1 Å². The number of hydrogen-bond acceptors (Lipinski definition) is 4. The number of nitrogens with two attached hydrogens (primary N) is 1. The Morgan fingerprint density at radius 2 is 2.18 bits per heavy atom. The summed E-state index contributed by atoms with van der Waals surface area (Å²) in [5, 5.41) is 11.2. The van der Waals surface area contributed by atoms with Crippen molar-refractivity contribution in [2.24, 2.45) is 10.6 Å². The third-order valence-corrected chi connectivity index (χ3v) is 4.74. The molecule has 0 aliphatic carbocycles. The lowest BCUT2D eigenvalue weighted by Crippen LogP contribution is -2.48. The highest BCUT2D eigenvalue weighted by Gasteiger charge is 2.34. The molecular weight excluding hydrogens is 326 g/mol. The Bertz CT molecular complexity index is 628. The normalized spacial score (nSPS) is 21.7. The Morgan fingerprint density at radius 3 is 2.77 bits per heavy atom. The summed E-state index contributed by atoms with van der Waals surface area (Å²) in [6.07, 6.45) is 1.83. The predicted molar refractivity (Wildman–Crippen MR) is 87.1 cm³/mol. The average molecular weight is 348 g/mol. The van der Waals surface area contributed by atoms with Gasteiger partial charge >= 0.3 is 0 Å². The molecule has 6 nitrogen and oxygen atoms in total. The van der Waals surface area contributed by atoms with Crippen LogP contribution in [-0.2, 0) is 21.4 Å². The third kappa shape index (κ3) is 4.67. The second-order valence-corrected chi connectivity index (χ2v) is 7.28. The van der Waals surface area contributed by atoms with Crippen LogP contribution in [0.2, 0.25) is 0 Å². The van der Waals surface area contributed by atoms with Gasteiger partial charge in [0.25, 0.3) is 0 Å². The topological polar surface area (TPSA) is 101 Å². The van der Waals surface area contributed by atoms with E-state index in [4.69, 9.17) is 5.14 Å². The highest BCUT2D eigenvalue weighted by Crippen LogP contribution is 2.25. The largest absolute Gasteiger partial charge is 0.352 e. The van der Waals surface area contributed by atoms with Gasteiger partial charge in [-0.1, -0.05) is 12.1 Å². The SMILES string of the molecule is CC1(C(=O)NCc2cccc(S(N)(=O)=O)c2)CCCNC1.Cl. The van der Waals surface area contributed by atoms with Crippen LogP contribution >= 0.6 is 12.4 Å². The Kier molecular flexibility index (Phi) is 6.37. The van der Waals surface area contributed by atoms with Gasteiger partial charge in [0, 0.05) is 13.1 Å². The number of rotatable bonds is 4. The number of hydrogen-bond donors (Lipinski definition) is 3. The molecule has 0 aromatic heterocycles. The number of primary sulfonamides is 1. The Hall–Kier alpha value is -1.15. The highest BCUT2D eigenvalue weighted by atomic mass is 35.5. The van der Waals surface area contributed by atoms with Crippen molar-refractivity contribution in [1.82, 2.24) is 10.6 Å². The van der Waals surface area contributed by atoms with Crippen molar-refractivity contribution in [2.75, 3.05) is 13.1 Å². The first-order valence-corrected chi connectivity index (χ1v) is 8.47. The summed E-state index contributed by atoms with van der Waals surface area (Å²) >= 11 is 0. The minimum Gasteiger partial charge on any atom is -0.352 e. The van der Waals surface area contributed by atoms with Gasteiger partial charge in [-0.3, -0.25) is 4.79 Å². The molecule has 4 N–H and O–H groups in total. The molecule has 0 bridgehead atoms. The molecule has 1 saturated heterocycles. The average Bonchev–Trinajstić information content (AvgIpc) is 2.45. The number of halogens is 1. The fourth-order valence-electron chi connectivity index (χ4n) is 2.48. The molecule has 0 radical (unpaired) electrons. The van der Waals surface area contributed by atoms with Gasteiger partial charge in [0.05, 0.1) is 10.3 Å². The molecule has 22 heavy (non-hydrogen) atoms. The zero-order valence-electron chi connectivity index (χ0n) is 12.5. The van der Waals surface area contributed by atoms with Crippen LogP contribution < -0.4 is 15.8 Å². The minimum absolute atomic E-state index is 0. The van der Waals surface area contributed by atoms with E-state index in [2.05, 4.69) is 10.6 Å². The van der Waals surface area contributed by atoms with Crippen LogP contribution in [0, 0.1) is 5.41 Å². The number of piperidine rings is 1. The van der Waals surface area contributed by atoms with Crippen molar-refractivity contribution in [1.29, 1.82) is 0 Å². The van der Waals surface area contributed by atoms with E-state index in [0.717, 1.165) is 19.4 Å². The van der Waals surface area contributed by atoms with E-state index in [1.54, 1.807) is 12.1 Å². The van der Waals surface area contributed by atoms with E-state index in [-0.39, 0.29) is 29.8 Å². The van der Waals surface area contributed by atoms with Crippen LogP contribution in [0.25, 0.3) is 0 Å². The molecule has 124 valence electrons. The van der Waals surface area contributed by atoms with Crippen molar-refractivity contribution >= 4 is 28.3 Å². The third-order valence-electron chi connectivity index (χ3n) is 3.83. The van der Waals surface area contributed by atoms with Crippen molar-refractivity contribution < 1.29 is 13.2 Å². The lowest BCUT2D eigenvalue weighted by atomic mass is 9.82. The highest BCUT2D eigenvalue weighted by molar-refractivity contribution is 7.89. The van der Waals surface area contributed by atoms with Gasteiger partial charge in [0.15, 0.2) is 0 Å². The summed E-state index contributed by atoms with van der Waals surface area (Å²) in [7, 11) is -3.72. The molecule has 2 rings (SSSR count). The van der Waals surface area contributed by atoms with Crippen LogP contribution in [0.1, 0.15) is 25.3 Å². The van der Waals surface area contributed by atoms with Crippen LogP contribution in [-0.4, -0.2) is 27.4 Å². The quantitative estimate of drug-likeness (QED) is 0.748. The molecule has 1 aromatic rings. The molecule has 1 fully saturated rings. The van der Waals surface area contributed by atoms with Gasteiger partial charge in [-0.25, -0.2) is 13.6 Å². The standard InChI is InChI=1S/C14H21N3O3S.ClH/c1-14(6-3-7-16-10-14)13(18)17-9-11-4-2-5-12(8-11)21(15,19)20;/h2,4-5,8,16H,3,6-7,9-10H2,1H3,(H,17,18)(H2,15,19,20);1H. The lowest BCUT2D eigenvalue weighted by molar-refractivity contribution is -0.131. The first kappa shape index (κ1) is 18.9.